The van der Waals surface area contributed by atoms with Gasteiger partial charge >= 0.3 is 12.1 Å². The Labute approximate surface area is 156 Å². The molecular weight excluding hydrogens is 353 g/mol. The predicted molar refractivity (Wildman–Crippen MR) is 101 cm³/mol. The van der Waals surface area contributed by atoms with Gasteiger partial charge in [0.25, 0.3) is 0 Å². The minimum Gasteiger partial charge on any atom is -0.465 e. The van der Waals surface area contributed by atoms with Crippen LogP contribution in [0.4, 0.5) is 25.4 Å². The van der Waals surface area contributed by atoms with Gasteiger partial charge in [-0.05, 0) is 49.2 Å². The highest BCUT2D eigenvalue weighted by molar-refractivity contribution is 5.89. The van der Waals surface area contributed by atoms with Crippen LogP contribution in [-0.4, -0.2) is 23.3 Å². The van der Waals surface area contributed by atoms with Crippen molar-refractivity contribution in [1.82, 2.24) is 5.32 Å². The first-order valence-corrected chi connectivity index (χ1v) is 8.56. The zero-order chi connectivity index (χ0) is 19.8. The van der Waals surface area contributed by atoms with E-state index in [9.17, 15) is 14.0 Å². The van der Waals surface area contributed by atoms with Gasteiger partial charge in [0.2, 0.25) is 0 Å². The summed E-state index contributed by atoms with van der Waals surface area (Å²) >= 11 is 0. The van der Waals surface area contributed by atoms with Gasteiger partial charge in [-0.2, -0.15) is 0 Å². The van der Waals surface area contributed by atoms with Gasteiger partial charge < -0.3 is 20.5 Å². The second kappa shape index (κ2) is 9.42. The van der Waals surface area contributed by atoms with Crippen LogP contribution in [0.5, 0.6) is 11.5 Å². The molecule has 0 saturated carbocycles. The third kappa shape index (κ3) is 6.18. The molecule has 2 rings (SSSR count). The average molecular weight is 375 g/mol. The summed E-state index contributed by atoms with van der Waals surface area (Å²) in [6.45, 7) is 4.02. The minimum absolute atomic E-state index is 0.126. The number of halogens is 1. The van der Waals surface area contributed by atoms with Gasteiger partial charge in [0.1, 0.15) is 11.5 Å². The molecule has 2 aromatic rings. The minimum atomic E-state index is -1.35. The molecule has 4 N–H and O–H groups in total. The number of nitrogens with one attached hydrogen (secondary N) is 3. The molecular formula is C19H22FN3O4. The Balaban J connectivity index is 1.96. The number of urea groups is 1. The van der Waals surface area contributed by atoms with E-state index in [-0.39, 0.29) is 23.5 Å². The van der Waals surface area contributed by atoms with Crippen LogP contribution < -0.4 is 20.7 Å². The quantitative estimate of drug-likeness (QED) is 0.546. The van der Waals surface area contributed by atoms with Gasteiger partial charge in [-0.1, -0.05) is 13.8 Å². The number of amides is 3. The highest BCUT2D eigenvalue weighted by atomic mass is 19.1. The molecule has 0 unspecified atom stereocenters. The maximum Gasteiger partial charge on any atom is 0.409 e. The topological polar surface area (TPSA) is 99.7 Å². The third-order valence-electron chi connectivity index (χ3n) is 3.85. The van der Waals surface area contributed by atoms with E-state index in [2.05, 4.69) is 10.6 Å². The zero-order valence-corrected chi connectivity index (χ0v) is 15.1. The first-order chi connectivity index (χ1) is 12.9. The number of rotatable bonds is 7. The van der Waals surface area contributed by atoms with Crippen LogP contribution in [0.2, 0.25) is 0 Å². The molecule has 0 aliphatic rings. The van der Waals surface area contributed by atoms with E-state index in [4.69, 9.17) is 9.84 Å². The molecule has 8 heteroatoms. The van der Waals surface area contributed by atoms with Crippen LogP contribution in [-0.2, 0) is 0 Å². The lowest BCUT2D eigenvalue weighted by Gasteiger charge is -2.15. The lowest BCUT2D eigenvalue weighted by Crippen LogP contribution is -2.37. The molecule has 0 fully saturated rings. The number of benzene rings is 2. The molecule has 7 nitrogen and oxygen atoms in total. The number of carbonyl (C=O) groups excluding carboxylic acids is 1. The number of anilines is 2. The monoisotopic (exact) mass is 375 g/mol. The largest absolute Gasteiger partial charge is 0.465 e. The van der Waals surface area contributed by atoms with Crippen LogP contribution >= 0.6 is 0 Å². The van der Waals surface area contributed by atoms with Crippen molar-refractivity contribution in [3.63, 3.8) is 0 Å². The van der Waals surface area contributed by atoms with Gasteiger partial charge in [0.15, 0.2) is 5.82 Å². The normalized spacial score (nSPS) is 10.4. The van der Waals surface area contributed by atoms with Gasteiger partial charge in [-0.25, -0.2) is 14.0 Å². The molecule has 0 aliphatic carbocycles. The van der Waals surface area contributed by atoms with E-state index in [0.717, 1.165) is 18.9 Å². The van der Waals surface area contributed by atoms with Crippen molar-refractivity contribution in [3.8, 4) is 11.5 Å². The Morgan fingerprint density at radius 2 is 1.67 bits per heavy atom. The summed E-state index contributed by atoms with van der Waals surface area (Å²) in [5.41, 5.74) is 0.441. The molecule has 0 aliphatic heterocycles. The first kappa shape index (κ1) is 20.0. The van der Waals surface area contributed by atoms with Crippen LogP contribution in [0.1, 0.15) is 26.7 Å². The summed E-state index contributed by atoms with van der Waals surface area (Å²) in [5, 5.41) is 16.2. The second-order valence-electron chi connectivity index (χ2n) is 5.81. The Morgan fingerprint density at radius 1 is 1.04 bits per heavy atom. The van der Waals surface area contributed by atoms with Crippen molar-refractivity contribution in [3.05, 3.63) is 48.3 Å². The van der Waals surface area contributed by atoms with E-state index in [1.807, 2.05) is 19.2 Å². The van der Waals surface area contributed by atoms with Crippen LogP contribution in [0.15, 0.2) is 42.5 Å². The van der Waals surface area contributed by atoms with E-state index < -0.39 is 11.9 Å². The smallest absolute Gasteiger partial charge is 0.409 e. The highest BCUT2D eigenvalue weighted by Crippen LogP contribution is 2.26. The number of carbonyl (C=O) groups is 2. The Hall–Kier alpha value is -3.29. The maximum atomic E-state index is 13.8. The summed E-state index contributed by atoms with van der Waals surface area (Å²) in [6.07, 6.45) is 0.362. The maximum absolute atomic E-state index is 13.8. The van der Waals surface area contributed by atoms with Crippen molar-refractivity contribution in [2.45, 2.75) is 32.7 Å². The van der Waals surface area contributed by atoms with Crippen LogP contribution in [0.25, 0.3) is 0 Å². The molecule has 0 atom stereocenters. The second-order valence-corrected chi connectivity index (χ2v) is 5.81. The molecule has 0 heterocycles. The molecule has 0 radical (unpaired) electrons. The summed E-state index contributed by atoms with van der Waals surface area (Å²) < 4.78 is 19.4. The van der Waals surface area contributed by atoms with Gasteiger partial charge in [0.05, 0.1) is 5.69 Å². The Morgan fingerprint density at radius 3 is 2.22 bits per heavy atom. The standard InChI is InChI=1S/C19H22FN3O4/c1-3-12(4-2)21-18(24)22-13-5-7-14(8-6-13)27-15-9-10-17(16(20)11-15)23-19(25)26/h5-12,23H,3-4H2,1-2H3,(H,25,26)(H2,21,22,24). The van der Waals surface area contributed by atoms with E-state index >= 15 is 0 Å². The molecule has 27 heavy (non-hydrogen) atoms. The predicted octanol–water partition coefficient (Wildman–Crippen LogP) is 5.02. The van der Waals surface area contributed by atoms with Crippen molar-refractivity contribution >= 4 is 23.5 Å². The number of carboxylic acid groups (broad SMARTS) is 1. The lowest BCUT2D eigenvalue weighted by molar-refractivity contribution is 0.209. The van der Waals surface area contributed by atoms with E-state index in [1.54, 1.807) is 24.3 Å². The van der Waals surface area contributed by atoms with Gasteiger partial charge in [-0.15, -0.1) is 0 Å². The molecule has 0 saturated heterocycles. The first-order valence-electron chi connectivity index (χ1n) is 8.56. The molecule has 0 spiro atoms. The van der Waals surface area contributed by atoms with Gasteiger partial charge in [0, 0.05) is 17.8 Å². The van der Waals surface area contributed by atoms with Crippen LogP contribution in [0, 0.1) is 5.82 Å². The Kier molecular flexibility index (Phi) is 6.99. The summed E-state index contributed by atoms with van der Waals surface area (Å²) in [4.78, 5) is 22.5. The summed E-state index contributed by atoms with van der Waals surface area (Å²) in [7, 11) is 0. The summed E-state index contributed by atoms with van der Waals surface area (Å²) in [6, 6.07) is 10.3. The highest BCUT2D eigenvalue weighted by Gasteiger charge is 2.09. The molecule has 2 aromatic carbocycles. The fourth-order valence-corrected chi connectivity index (χ4v) is 2.36. The number of hydrogen-bond donors (Lipinski definition) is 4. The van der Waals surface area contributed by atoms with Crippen molar-refractivity contribution < 1.29 is 23.8 Å². The van der Waals surface area contributed by atoms with E-state index in [0.29, 0.717) is 11.4 Å². The van der Waals surface area contributed by atoms with Crippen molar-refractivity contribution in [2.24, 2.45) is 0 Å². The Bertz CT molecular complexity index is 792. The lowest BCUT2D eigenvalue weighted by atomic mass is 10.2. The van der Waals surface area contributed by atoms with Crippen molar-refractivity contribution in [1.29, 1.82) is 0 Å². The number of hydrogen-bond acceptors (Lipinski definition) is 3. The average Bonchev–Trinajstić information content (AvgIpc) is 2.63. The molecule has 3 amide bonds. The molecule has 144 valence electrons. The fraction of sp³-hybridized carbons (Fsp3) is 0.263. The molecule has 0 aromatic heterocycles. The summed E-state index contributed by atoms with van der Waals surface area (Å²) in [5.74, 6) is -0.0822. The van der Waals surface area contributed by atoms with E-state index in [1.165, 1.54) is 12.1 Å². The fourth-order valence-electron chi connectivity index (χ4n) is 2.36. The third-order valence-corrected chi connectivity index (χ3v) is 3.85. The number of ether oxygens (including phenoxy) is 1. The molecule has 0 bridgehead atoms. The zero-order valence-electron chi connectivity index (χ0n) is 15.1. The van der Waals surface area contributed by atoms with Crippen molar-refractivity contribution in [2.75, 3.05) is 10.6 Å². The van der Waals surface area contributed by atoms with Gasteiger partial charge in [-0.3, -0.25) is 5.32 Å². The SMILES string of the molecule is CCC(CC)NC(=O)Nc1ccc(Oc2ccc(NC(=O)O)c(F)c2)cc1. The van der Waals surface area contributed by atoms with Crippen LogP contribution in [0.3, 0.4) is 0 Å².